The quantitative estimate of drug-likeness (QED) is 0.783. The van der Waals surface area contributed by atoms with Crippen LogP contribution in [0.2, 0.25) is 5.02 Å². The highest BCUT2D eigenvalue weighted by Crippen LogP contribution is 2.27. The van der Waals surface area contributed by atoms with E-state index in [4.69, 9.17) is 21.4 Å². The Bertz CT molecular complexity index is 385. The lowest BCUT2D eigenvalue weighted by Crippen LogP contribution is -1.98. The van der Waals surface area contributed by atoms with Crippen molar-refractivity contribution in [2.24, 2.45) is 0 Å². The predicted molar refractivity (Wildman–Crippen MR) is 54.7 cm³/mol. The van der Waals surface area contributed by atoms with E-state index in [1.54, 1.807) is 18.2 Å². The van der Waals surface area contributed by atoms with Crippen molar-refractivity contribution < 1.29 is 14.6 Å². The van der Waals surface area contributed by atoms with Gasteiger partial charge in [-0.3, -0.25) is 0 Å². The Balaban J connectivity index is 3.12. The summed E-state index contributed by atoms with van der Waals surface area (Å²) in [5.41, 5.74) is 0.499. The second-order valence-electron chi connectivity index (χ2n) is 2.63. The number of rotatable bonds is 3. The molecule has 0 saturated heterocycles. The molecule has 0 atom stereocenters. The number of aliphatic carboxylic acids is 1. The Morgan fingerprint density at radius 1 is 1.57 bits per heavy atom. The number of carboxylic acids is 1. The lowest BCUT2D eigenvalue weighted by Gasteiger charge is -2.05. The number of methoxy groups -OCH3 is 1. The summed E-state index contributed by atoms with van der Waals surface area (Å²) in [6.07, 6.45) is 0. The maximum absolute atomic E-state index is 10.6. The minimum atomic E-state index is -1.06. The molecule has 14 heavy (non-hydrogen) atoms. The van der Waals surface area contributed by atoms with Crippen LogP contribution in [0.1, 0.15) is 5.56 Å². The summed E-state index contributed by atoms with van der Waals surface area (Å²) < 4.78 is 4.95. The molecule has 0 heterocycles. The first-order chi connectivity index (χ1) is 6.56. The van der Waals surface area contributed by atoms with Crippen molar-refractivity contribution in [3.8, 4) is 5.75 Å². The van der Waals surface area contributed by atoms with E-state index >= 15 is 0 Å². The molecule has 0 unspecified atom stereocenters. The number of hydrogen-bond acceptors (Lipinski definition) is 2. The van der Waals surface area contributed by atoms with Crippen LogP contribution >= 0.6 is 11.6 Å². The summed E-state index contributed by atoms with van der Waals surface area (Å²) in [5.74, 6) is -0.624. The molecule has 3 nitrogen and oxygen atoms in total. The number of hydrogen-bond donors (Lipinski definition) is 1. The molecule has 0 aromatic heterocycles. The smallest absolute Gasteiger partial charge is 0.335 e. The van der Waals surface area contributed by atoms with Crippen molar-refractivity contribution in [1.29, 1.82) is 0 Å². The Morgan fingerprint density at radius 2 is 2.21 bits per heavy atom. The second kappa shape index (κ2) is 4.15. The molecule has 1 N–H and O–H groups in total. The summed E-state index contributed by atoms with van der Waals surface area (Å²) in [5, 5.41) is 9.13. The largest absolute Gasteiger partial charge is 0.495 e. The van der Waals surface area contributed by atoms with Gasteiger partial charge in [0.25, 0.3) is 0 Å². The van der Waals surface area contributed by atoms with Crippen LogP contribution in [-0.4, -0.2) is 18.2 Å². The van der Waals surface area contributed by atoms with Crippen molar-refractivity contribution in [1.82, 2.24) is 0 Å². The van der Waals surface area contributed by atoms with E-state index in [0.29, 0.717) is 16.3 Å². The third kappa shape index (κ3) is 2.06. The Kier molecular flexibility index (Phi) is 3.14. The minimum absolute atomic E-state index is 0.0139. The van der Waals surface area contributed by atoms with E-state index in [0.717, 1.165) is 0 Å². The van der Waals surface area contributed by atoms with Crippen molar-refractivity contribution in [3.05, 3.63) is 35.4 Å². The van der Waals surface area contributed by atoms with Gasteiger partial charge in [0, 0.05) is 0 Å². The number of ether oxygens (including phenoxy) is 1. The molecule has 0 saturated carbocycles. The fourth-order valence-corrected chi connectivity index (χ4v) is 1.17. The van der Waals surface area contributed by atoms with Gasteiger partial charge in [-0.1, -0.05) is 24.2 Å². The zero-order valence-corrected chi connectivity index (χ0v) is 8.34. The highest BCUT2D eigenvalue weighted by molar-refractivity contribution is 6.32. The Morgan fingerprint density at radius 3 is 2.71 bits per heavy atom. The van der Waals surface area contributed by atoms with Crippen molar-refractivity contribution in [2.45, 2.75) is 0 Å². The molecule has 0 aliphatic rings. The van der Waals surface area contributed by atoms with Crippen LogP contribution in [0.25, 0.3) is 5.57 Å². The maximum Gasteiger partial charge on any atom is 0.335 e. The summed E-state index contributed by atoms with van der Waals surface area (Å²) in [6, 6.07) is 4.70. The van der Waals surface area contributed by atoms with Gasteiger partial charge in [-0.15, -0.1) is 0 Å². The number of benzene rings is 1. The van der Waals surface area contributed by atoms with Crippen LogP contribution in [-0.2, 0) is 4.79 Å². The molecule has 0 radical (unpaired) electrons. The standard InChI is InChI=1S/C10H9ClO3/c1-6(10(12)13)7-3-4-8(11)9(5-7)14-2/h3-5H,1H2,2H3,(H,12,13). The molecule has 0 aliphatic carbocycles. The molecule has 0 spiro atoms. The highest BCUT2D eigenvalue weighted by atomic mass is 35.5. The van der Waals surface area contributed by atoms with E-state index in [2.05, 4.69) is 6.58 Å². The lowest BCUT2D eigenvalue weighted by molar-refractivity contribution is -0.130. The Hall–Kier alpha value is -1.48. The van der Waals surface area contributed by atoms with Gasteiger partial charge in [-0.2, -0.15) is 0 Å². The van der Waals surface area contributed by atoms with Gasteiger partial charge >= 0.3 is 5.97 Å². The molecule has 1 rings (SSSR count). The number of halogens is 1. The van der Waals surface area contributed by atoms with E-state index in [-0.39, 0.29) is 5.57 Å². The molecule has 0 amide bonds. The van der Waals surface area contributed by atoms with E-state index in [9.17, 15) is 4.79 Å². The van der Waals surface area contributed by atoms with Crippen LogP contribution in [0.3, 0.4) is 0 Å². The van der Waals surface area contributed by atoms with Gasteiger partial charge < -0.3 is 9.84 Å². The van der Waals surface area contributed by atoms with Crippen molar-refractivity contribution in [3.63, 3.8) is 0 Å². The summed E-state index contributed by atoms with van der Waals surface area (Å²) in [4.78, 5) is 10.6. The molecule has 1 aromatic rings. The molecule has 0 bridgehead atoms. The summed E-state index contributed by atoms with van der Waals surface area (Å²) >= 11 is 5.78. The van der Waals surface area contributed by atoms with Crippen LogP contribution in [0.4, 0.5) is 0 Å². The topological polar surface area (TPSA) is 46.5 Å². The first kappa shape index (κ1) is 10.6. The van der Waals surface area contributed by atoms with Crippen LogP contribution in [0.15, 0.2) is 24.8 Å². The SMILES string of the molecule is C=C(C(=O)O)c1ccc(Cl)c(OC)c1. The highest BCUT2D eigenvalue weighted by Gasteiger charge is 2.09. The zero-order chi connectivity index (χ0) is 10.7. The van der Waals surface area contributed by atoms with Crippen LogP contribution in [0, 0.1) is 0 Å². The lowest BCUT2D eigenvalue weighted by atomic mass is 10.1. The Labute approximate surface area is 86.6 Å². The van der Waals surface area contributed by atoms with Gasteiger partial charge in [0.15, 0.2) is 0 Å². The van der Waals surface area contributed by atoms with Gasteiger partial charge in [0.1, 0.15) is 5.75 Å². The fourth-order valence-electron chi connectivity index (χ4n) is 0.971. The van der Waals surface area contributed by atoms with Gasteiger partial charge in [0.05, 0.1) is 17.7 Å². The van der Waals surface area contributed by atoms with Gasteiger partial charge in [-0.25, -0.2) is 4.79 Å². The van der Waals surface area contributed by atoms with Gasteiger partial charge in [0.2, 0.25) is 0 Å². The molecule has 0 fully saturated rings. The molecule has 0 aliphatic heterocycles. The van der Waals surface area contributed by atoms with Crippen LogP contribution in [0.5, 0.6) is 5.75 Å². The molecule has 74 valence electrons. The minimum Gasteiger partial charge on any atom is -0.495 e. The van der Waals surface area contributed by atoms with Crippen molar-refractivity contribution >= 4 is 23.1 Å². The van der Waals surface area contributed by atoms with E-state index in [1.165, 1.54) is 7.11 Å². The predicted octanol–water partition coefficient (Wildman–Crippen LogP) is 2.45. The van der Waals surface area contributed by atoms with E-state index in [1.807, 2.05) is 0 Å². The third-order valence-electron chi connectivity index (χ3n) is 1.76. The third-order valence-corrected chi connectivity index (χ3v) is 2.07. The molecular weight excluding hydrogens is 204 g/mol. The monoisotopic (exact) mass is 212 g/mol. The summed E-state index contributed by atoms with van der Waals surface area (Å²) in [7, 11) is 1.47. The summed E-state index contributed by atoms with van der Waals surface area (Å²) in [6.45, 7) is 3.43. The molecular formula is C10H9ClO3. The average Bonchev–Trinajstić information content (AvgIpc) is 2.17. The molecule has 4 heteroatoms. The molecule has 1 aromatic carbocycles. The van der Waals surface area contributed by atoms with Gasteiger partial charge in [-0.05, 0) is 17.7 Å². The first-order valence-electron chi connectivity index (χ1n) is 3.82. The van der Waals surface area contributed by atoms with Crippen molar-refractivity contribution in [2.75, 3.05) is 7.11 Å². The normalized spacial score (nSPS) is 9.57. The fraction of sp³-hybridized carbons (Fsp3) is 0.100. The van der Waals surface area contributed by atoms with Crippen LogP contribution < -0.4 is 4.74 Å². The number of carboxylic acid groups (broad SMARTS) is 1. The van der Waals surface area contributed by atoms with E-state index < -0.39 is 5.97 Å². The second-order valence-corrected chi connectivity index (χ2v) is 3.04. The number of carbonyl (C=O) groups is 1. The maximum atomic E-state index is 10.6. The first-order valence-corrected chi connectivity index (χ1v) is 4.20. The zero-order valence-electron chi connectivity index (χ0n) is 7.58. The average molecular weight is 213 g/mol.